The summed E-state index contributed by atoms with van der Waals surface area (Å²) in [6.07, 6.45) is 12.5. The number of ether oxygens (including phenoxy) is 4. The number of aromatic nitrogens is 7. The van der Waals surface area contributed by atoms with E-state index in [1.54, 1.807) is 88.5 Å². The highest BCUT2D eigenvalue weighted by atomic mass is 35.5. The second-order valence-corrected chi connectivity index (χ2v) is 25.1. The van der Waals surface area contributed by atoms with Crippen LogP contribution in [-0.2, 0) is 53.2 Å². The van der Waals surface area contributed by atoms with Crippen LogP contribution in [0.25, 0.3) is 0 Å². The molecule has 0 spiro atoms. The number of non-ortho nitro benzene ring substituents is 1. The summed E-state index contributed by atoms with van der Waals surface area (Å²) in [5.41, 5.74) is 3.85. The van der Waals surface area contributed by atoms with E-state index in [9.17, 15) is 43.7 Å². The number of Topliss-reactive ketones (excluding diaryl/α,β-unsaturated/α-hetero) is 2. The van der Waals surface area contributed by atoms with Crippen LogP contribution in [0.3, 0.4) is 0 Å². The summed E-state index contributed by atoms with van der Waals surface area (Å²) in [6, 6.07) is 28.3. The number of thioether (sulfide) groups is 2. The van der Waals surface area contributed by atoms with Gasteiger partial charge in [0.2, 0.25) is 23.1 Å². The van der Waals surface area contributed by atoms with Gasteiger partial charge in [0.15, 0.2) is 10.9 Å². The predicted molar refractivity (Wildman–Crippen MR) is 370 cm³/mol. The molecule has 0 aliphatic carbocycles. The molecule has 0 saturated heterocycles. The summed E-state index contributed by atoms with van der Waals surface area (Å²) >= 11 is 14.0. The van der Waals surface area contributed by atoms with Crippen molar-refractivity contribution >= 4 is 110 Å². The number of tetrazole rings is 1. The maximum Gasteiger partial charge on any atom is 0.319 e. The molecule has 0 radical (unpaired) electrons. The monoisotopic (exact) mass is 1400 g/mol. The number of aromatic amines is 1. The molecule has 0 bridgehead atoms. The number of hydrogen-bond donors (Lipinski definition) is 4. The lowest BCUT2D eigenvalue weighted by atomic mass is 10.1. The number of aryl methyl sites for hydroxylation is 1. The number of carbonyl (C=O) groups is 7. The van der Waals surface area contributed by atoms with E-state index in [1.807, 2.05) is 31.2 Å². The molecule has 3 atom stereocenters. The van der Waals surface area contributed by atoms with Gasteiger partial charge in [-0.2, -0.15) is 5.10 Å². The van der Waals surface area contributed by atoms with Gasteiger partial charge in [-0.25, -0.2) is 9.67 Å². The Hall–Kier alpha value is -8.92. The third-order valence-corrected chi connectivity index (χ3v) is 16.9. The van der Waals surface area contributed by atoms with Crippen molar-refractivity contribution in [2.75, 3.05) is 36.7 Å². The molecule has 3 unspecified atom stereocenters. The Bertz CT molecular complexity index is 3680. The molecule has 0 aliphatic rings. The van der Waals surface area contributed by atoms with Crippen LogP contribution in [0.5, 0.6) is 17.2 Å². The topological polar surface area (TPSA) is 324 Å². The third kappa shape index (κ3) is 26.7. The Labute approximate surface area is 576 Å². The highest BCUT2D eigenvalue weighted by molar-refractivity contribution is 8.13. The van der Waals surface area contributed by atoms with Crippen LogP contribution in [0, 0.1) is 23.0 Å². The fraction of sp³-hybridized carbons (Fsp3) is 0.403. The summed E-state index contributed by atoms with van der Waals surface area (Å²) < 4.78 is 23.0. The largest absolute Gasteiger partial charge is 0.497 e. The van der Waals surface area contributed by atoms with Gasteiger partial charge in [0.05, 0.1) is 54.5 Å². The van der Waals surface area contributed by atoms with Crippen LogP contribution in [0.2, 0.25) is 10.0 Å². The van der Waals surface area contributed by atoms with Crippen LogP contribution in [0.15, 0.2) is 120 Å². The third-order valence-electron chi connectivity index (χ3n) is 14.5. The molecule has 29 heteroatoms. The van der Waals surface area contributed by atoms with Crippen LogP contribution >= 0.6 is 46.7 Å². The smallest absolute Gasteiger partial charge is 0.319 e. The van der Waals surface area contributed by atoms with Gasteiger partial charge in [-0.3, -0.25) is 48.8 Å². The van der Waals surface area contributed by atoms with Crippen molar-refractivity contribution in [3.05, 3.63) is 152 Å². The number of methoxy groups -OCH3 is 2. The maximum absolute atomic E-state index is 13.4. The minimum absolute atomic E-state index is 0.0110. The Balaban J connectivity index is 0.000000286. The molecular weight excluding hydrogens is 1320 g/mol. The molecule has 4 N–H and O–H groups in total. The van der Waals surface area contributed by atoms with Gasteiger partial charge in [0.1, 0.15) is 41.2 Å². The lowest BCUT2D eigenvalue weighted by Crippen LogP contribution is -2.39. The number of hydrogen-bond acceptors (Lipinski definition) is 20. The fourth-order valence-electron chi connectivity index (χ4n) is 8.85. The molecule has 514 valence electrons. The molecule has 96 heavy (non-hydrogen) atoms. The standard InChI is InChI=1S/C30H30ClN7O7S.C25H40N2O4.C12H12ClN3O2S/c1-5-36(30(41)46-29-33-34-35-37(29)16-20-7-10-23(44-4)11-8-20)17-21-15-22(38(42)43)9-13-26(21)45-27(19(3)39)28(40)32-25-14-18(2)6-12-24(25)31;1-5-6-7-8-9-10-11-12-13-14-15-24(29)26-21-16-17-23(31-4)22(18-21)27-25(30)19(2)20(3)28;1-8(19-12-14-7-15-16-12)11(17)18-6-9-2-4-10(13)5-3-9/h6-15,27H,5,16-17H2,1-4H3,(H,32,40);16-19H,5-15H2,1-4H3,(H,26,29)(H,27,30);2-5,7-8H,6H2,1H3,(H,14,15,16). The Kier molecular flexibility index (Phi) is 33.3. The number of nitrogens with one attached hydrogen (secondary N) is 4. The number of amides is 4. The molecule has 2 heterocycles. The summed E-state index contributed by atoms with van der Waals surface area (Å²) in [6.45, 7) is 12.3. The number of esters is 1. The lowest BCUT2D eigenvalue weighted by molar-refractivity contribution is -0.385. The van der Waals surface area contributed by atoms with E-state index in [2.05, 4.69) is 53.6 Å². The summed E-state index contributed by atoms with van der Waals surface area (Å²) in [7, 11) is 3.07. The second kappa shape index (κ2) is 41.1. The van der Waals surface area contributed by atoms with E-state index in [4.69, 9.17) is 42.1 Å². The van der Waals surface area contributed by atoms with Gasteiger partial charge in [0, 0.05) is 53.1 Å². The van der Waals surface area contributed by atoms with Gasteiger partial charge >= 0.3 is 5.97 Å². The molecule has 0 aliphatic heterocycles. The number of carbonyl (C=O) groups excluding carboxylic acids is 7. The molecule has 0 fully saturated rings. The Morgan fingerprint density at radius 3 is 2.01 bits per heavy atom. The molecule has 2 aromatic heterocycles. The first kappa shape index (κ1) is 77.8. The zero-order valence-electron chi connectivity index (χ0n) is 55.2. The van der Waals surface area contributed by atoms with E-state index in [0.717, 1.165) is 41.3 Å². The van der Waals surface area contributed by atoms with Crippen molar-refractivity contribution < 1.29 is 57.4 Å². The first-order valence-corrected chi connectivity index (χ1v) is 33.6. The highest BCUT2D eigenvalue weighted by Gasteiger charge is 2.30. The van der Waals surface area contributed by atoms with Crippen LogP contribution < -0.4 is 30.2 Å². The normalized spacial score (nSPS) is 11.6. The van der Waals surface area contributed by atoms with Gasteiger partial charge < -0.3 is 39.8 Å². The highest BCUT2D eigenvalue weighted by Crippen LogP contribution is 2.32. The molecule has 7 rings (SSSR count). The van der Waals surface area contributed by atoms with Crippen molar-refractivity contribution in [2.45, 2.75) is 160 Å². The number of unbranched alkanes of at least 4 members (excludes halogenated alkanes) is 9. The first-order valence-electron chi connectivity index (χ1n) is 31.1. The number of nitro benzene ring substituents is 1. The fourth-order valence-corrected chi connectivity index (χ4v) is 10.6. The average molecular weight is 1400 g/mol. The number of benzene rings is 5. The quantitative estimate of drug-likeness (QED) is 0.00727. The van der Waals surface area contributed by atoms with E-state index in [1.165, 1.54) is 118 Å². The molecular formula is C67H82Cl2N12O13S2. The van der Waals surface area contributed by atoms with Crippen LogP contribution in [-0.4, -0.2) is 118 Å². The van der Waals surface area contributed by atoms with Gasteiger partial charge in [-0.15, -0.1) is 5.10 Å². The molecule has 5 aromatic carbocycles. The van der Waals surface area contributed by atoms with Crippen molar-refractivity contribution in [2.24, 2.45) is 5.92 Å². The number of rotatable bonds is 34. The summed E-state index contributed by atoms with van der Waals surface area (Å²) in [4.78, 5) is 103. The minimum Gasteiger partial charge on any atom is -0.497 e. The number of anilines is 3. The van der Waals surface area contributed by atoms with Crippen molar-refractivity contribution in [3.63, 3.8) is 0 Å². The Morgan fingerprint density at radius 2 is 1.40 bits per heavy atom. The second-order valence-electron chi connectivity index (χ2n) is 22.0. The average Bonchev–Trinajstić information content (AvgIpc) is 1.02. The summed E-state index contributed by atoms with van der Waals surface area (Å²) in [5, 5.41) is 38.8. The zero-order valence-corrected chi connectivity index (χ0v) is 58.3. The first-order chi connectivity index (χ1) is 46.0. The van der Waals surface area contributed by atoms with E-state index < -0.39 is 39.8 Å². The number of nitro groups is 1. The number of ketones is 2. The van der Waals surface area contributed by atoms with Crippen LogP contribution in [0.4, 0.5) is 27.5 Å². The number of H-pyrrole nitrogens is 1. The van der Waals surface area contributed by atoms with Gasteiger partial charge in [-0.05, 0) is 136 Å². The van der Waals surface area contributed by atoms with E-state index in [-0.39, 0.29) is 69.8 Å². The molecule has 0 saturated carbocycles. The minimum atomic E-state index is -1.61. The maximum atomic E-state index is 13.4. The summed E-state index contributed by atoms with van der Waals surface area (Å²) in [5.74, 6) is -1.93. The predicted octanol–water partition coefficient (Wildman–Crippen LogP) is 14.1. The van der Waals surface area contributed by atoms with Crippen molar-refractivity contribution in [1.29, 1.82) is 0 Å². The Morgan fingerprint density at radius 1 is 0.740 bits per heavy atom. The van der Waals surface area contributed by atoms with E-state index >= 15 is 0 Å². The van der Waals surface area contributed by atoms with Gasteiger partial charge in [0.25, 0.3) is 16.8 Å². The SMILES string of the molecule is CC(Sc1ncn[nH]1)C(=O)OCc1ccc(Cl)cc1.CCCCCCCCCCCCC(=O)Nc1ccc(OC)c(NC(=O)C(C)C(C)=O)c1.CCN(Cc1cc([N+](=O)[O-])ccc1OC(C(C)=O)C(=O)Nc1cc(C)ccc1Cl)C(=O)Sc1nnnn1Cc1ccc(OC)cc1. The molecule has 4 amide bonds. The number of halogens is 2. The van der Waals surface area contributed by atoms with Crippen molar-refractivity contribution in [3.8, 4) is 17.2 Å². The van der Waals surface area contributed by atoms with Crippen molar-refractivity contribution in [1.82, 2.24) is 40.3 Å². The molecule has 25 nitrogen and oxygen atoms in total. The van der Waals surface area contributed by atoms with E-state index in [0.29, 0.717) is 51.7 Å². The van der Waals surface area contributed by atoms with Gasteiger partial charge in [-0.1, -0.05) is 130 Å². The molecule has 7 aromatic rings. The zero-order chi connectivity index (χ0) is 70.1. The number of nitrogens with zero attached hydrogens (tertiary/aromatic N) is 8. The van der Waals surface area contributed by atoms with Crippen LogP contribution in [0.1, 0.15) is 134 Å². The lowest BCUT2D eigenvalue weighted by Gasteiger charge is -2.23.